The van der Waals surface area contributed by atoms with Crippen LogP contribution in [0.25, 0.3) is 0 Å². The Labute approximate surface area is 69.6 Å². The molecule has 0 amide bonds. The normalized spacial score (nSPS) is 0. The quantitative estimate of drug-likeness (QED) is 0.486. The molecule has 0 aliphatic rings. The molecular formula is C5H18Y-2. The van der Waals surface area contributed by atoms with Gasteiger partial charge in [-0.3, -0.25) is 0 Å². The second kappa shape index (κ2) is 130. The monoisotopic (exact) mass is 167 g/mol. The van der Waals surface area contributed by atoms with Crippen LogP contribution in [0, 0.1) is 14.9 Å². The fraction of sp³-hybridized carbons (Fsp3) is 0.600. The van der Waals surface area contributed by atoms with E-state index < -0.39 is 0 Å². The van der Waals surface area contributed by atoms with Crippen molar-refractivity contribution < 1.29 is 32.7 Å². The van der Waals surface area contributed by atoms with Crippen LogP contribution >= 0.6 is 0 Å². The first-order chi connectivity index (χ1) is 0. The van der Waals surface area contributed by atoms with Gasteiger partial charge in [-0.15, -0.1) is 0 Å². The molecular weight excluding hydrogens is 149 g/mol. The van der Waals surface area contributed by atoms with Gasteiger partial charge in [-0.1, -0.05) is 22.3 Å². The minimum Gasteiger partial charge on any atom is -0.358 e. The van der Waals surface area contributed by atoms with Gasteiger partial charge in [-0.05, 0) is 0 Å². The molecule has 0 aliphatic carbocycles. The van der Waals surface area contributed by atoms with Crippen molar-refractivity contribution in [3.05, 3.63) is 14.9 Å². The Morgan fingerprint density at radius 2 is 0.500 bits per heavy atom. The van der Waals surface area contributed by atoms with E-state index in [1.165, 1.54) is 0 Å². The first kappa shape index (κ1) is 217. The molecule has 0 atom stereocenters. The zero-order chi connectivity index (χ0) is 0. The zero-order valence-electron chi connectivity index (χ0n) is 2.58. The topological polar surface area (TPSA) is 0 Å². The Kier molecular flexibility index (Phi) is 4720. The number of rotatable bonds is 0. The Bertz CT molecular complexity index is 3.90. The third-order valence-electron chi connectivity index (χ3n) is 0. The number of hydrogen-bond donors (Lipinski definition) is 0. The minimum atomic E-state index is 0. The molecule has 0 aliphatic heterocycles. The fourth-order valence-corrected chi connectivity index (χ4v) is 0. The summed E-state index contributed by atoms with van der Waals surface area (Å²) in [4.78, 5) is 0. The van der Waals surface area contributed by atoms with E-state index in [1.54, 1.807) is 0 Å². The van der Waals surface area contributed by atoms with Crippen LogP contribution in [0.15, 0.2) is 0 Å². The molecule has 0 heterocycles. The van der Waals surface area contributed by atoms with E-state index in [0.717, 1.165) is 0 Å². The molecule has 0 aromatic heterocycles. The van der Waals surface area contributed by atoms with Gasteiger partial charge in [-0.25, -0.2) is 0 Å². The summed E-state index contributed by atoms with van der Waals surface area (Å²) in [6.07, 6.45) is 0. The summed E-state index contributed by atoms with van der Waals surface area (Å²) < 4.78 is 0. The molecule has 0 unspecified atom stereocenters. The molecule has 0 bridgehead atoms. The average Bonchev–Trinajstić information content (AvgIpc) is 0. The van der Waals surface area contributed by atoms with Crippen LogP contribution in [-0.2, 0) is 32.7 Å². The van der Waals surface area contributed by atoms with Gasteiger partial charge in [0.1, 0.15) is 0 Å². The van der Waals surface area contributed by atoms with Gasteiger partial charge in [0.15, 0.2) is 0 Å². The fourth-order valence-electron chi connectivity index (χ4n) is 0. The molecule has 0 spiro atoms. The molecule has 1 radical (unpaired) electrons. The summed E-state index contributed by atoms with van der Waals surface area (Å²) in [5.74, 6) is 0. The largest absolute Gasteiger partial charge is 0.358 e. The molecule has 0 nitrogen and oxygen atoms in total. The van der Waals surface area contributed by atoms with Crippen molar-refractivity contribution >= 4 is 0 Å². The maximum absolute atomic E-state index is 0. The van der Waals surface area contributed by atoms with Gasteiger partial charge in [-0.2, -0.15) is 0 Å². The van der Waals surface area contributed by atoms with E-state index in [0.29, 0.717) is 0 Å². The van der Waals surface area contributed by atoms with Crippen LogP contribution in [0.4, 0.5) is 0 Å². The van der Waals surface area contributed by atoms with Crippen LogP contribution in [0.3, 0.4) is 0 Å². The van der Waals surface area contributed by atoms with Crippen molar-refractivity contribution in [3.63, 3.8) is 0 Å². The van der Waals surface area contributed by atoms with Crippen molar-refractivity contribution in [2.45, 2.75) is 22.3 Å². The van der Waals surface area contributed by atoms with Crippen LogP contribution in [0.2, 0.25) is 0 Å². The third-order valence-corrected chi connectivity index (χ3v) is 0. The van der Waals surface area contributed by atoms with E-state index in [-0.39, 0.29) is 69.8 Å². The van der Waals surface area contributed by atoms with E-state index in [4.69, 9.17) is 0 Å². The maximum atomic E-state index is 0. The van der Waals surface area contributed by atoms with Gasteiger partial charge >= 0.3 is 0 Å². The smallest absolute Gasteiger partial charge is 0 e. The Morgan fingerprint density at radius 1 is 0.500 bits per heavy atom. The van der Waals surface area contributed by atoms with E-state index in [1.807, 2.05) is 0 Å². The van der Waals surface area contributed by atoms with Gasteiger partial charge in [0.05, 0.1) is 0 Å². The van der Waals surface area contributed by atoms with Crippen molar-refractivity contribution in [2.24, 2.45) is 0 Å². The summed E-state index contributed by atoms with van der Waals surface area (Å²) in [6.45, 7) is 0. The molecule has 0 saturated carbocycles. The van der Waals surface area contributed by atoms with Crippen LogP contribution in [0.1, 0.15) is 22.3 Å². The van der Waals surface area contributed by atoms with Crippen LogP contribution in [-0.4, -0.2) is 0 Å². The van der Waals surface area contributed by atoms with Gasteiger partial charge in [0, 0.05) is 32.7 Å². The molecule has 1 heteroatoms. The van der Waals surface area contributed by atoms with E-state index >= 15 is 0 Å². The summed E-state index contributed by atoms with van der Waals surface area (Å²) in [6, 6.07) is 0. The Balaban J connectivity index is 0. The van der Waals surface area contributed by atoms with Crippen LogP contribution in [0.5, 0.6) is 0 Å². The molecule has 6 heavy (non-hydrogen) atoms. The summed E-state index contributed by atoms with van der Waals surface area (Å²) in [5, 5.41) is 0. The zero-order valence-corrected chi connectivity index (χ0v) is 5.42. The number of hydrogen-bond acceptors (Lipinski definition) is 0. The SMILES string of the molecule is C.C.C.[CH3-].[CH3-].[Y]. The van der Waals surface area contributed by atoms with Gasteiger partial charge < -0.3 is 14.9 Å². The molecule has 0 N–H and O–H groups in total. The van der Waals surface area contributed by atoms with E-state index in [2.05, 4.69) is 0 Å². The summed E-state index contributed by atoms with van der Waals surface area (Å²) >= 11 is 0. The van der Waals surface area contributed by atoms with E-state index in [9.17, 15) is 0 Å². The van der Waals surface area contributed by atoms with Crippen molar-refractivity contribution in [1.29, 1.82) is 0 Å². The summed E-state index contributed by atoms with van der Waals surface area (Å²) in [5.41, 5.74) is 0. The predicted molar refractivity (Wildman–Crippen MR) is 33.0 cm³/mol. The molecule has 0 rings (SSSR count). The van der Waals surface area contributed by atoms with Gasteiger partial charge in [0.25, 0.3) is 0 Å². The molecule has 0 aromatic carbocycles. The first-order valence-corrected chi connectivity index (χ1v) is 0. The van der Waals surface area contributed by atoms with Crippen LogP contribution < -0.4 is 0 Å². The van der Waals surface area contributed by atoms with Crippen molar-refractivity contribution in [1.82, 2.24) is 0 Å². The molecule has 0 saturated heterocycles. The second-order valence-corrected chi connectivity index (χ2v) is 0. The van der Waals surface area contributed by atoms with Crippen molar-refractivity contribution in [3.8, 4) is 0 Å². The average molecular weight is 167 g/mol. The Hall–Kier alpha value is 1.10. The molecule has 0 fully saturated rings. The van der Waals surface area contributed by atoms with Crippen molar-refractivity contribution in [2.75, 3.05) is 0 Å². The second-order valence-electron chi connectivity index (χ2n) is 0. The van der Waals surface area contributed by atoms with Gasteiger partial charge in [0.2, 0.25) is 0 Å². The molecule has 0 aromatic rings. The minimum absolute atomic E-state index is 0. The first-order valence-electron chi connectivity index (χ1n) is 0. The Morgan fingerprint density at radius 3 is 0.500 bits per heavy atom. The standard InChI is InChI=1S/3CH4.2CH3.Y/h3*1H4;2*1H3;/q;;;2*-1;. The third kappa shape index (κ3) is 70.5. The summed E-state index contributed by atoms with van der Waals surface area (Å²) in [7, 11) is 0. The molecule has 43 valence electrons. The maximum Gasteiger partial charge on any atom is 0 e. The predicted octanol–water partition coefficient (Wildman–Crippen LogP) is 2.81.